The summed E-state index contributed by atoms with van der Waals surface area (Å²) in [6.45, 7) is 4.17. The van der Waals surface area contributed by atoms with Crippen LogP contribution in [0.4, 0.5) is 18.9 Å². The van der Waals surface area contributed by atoms with Crippen molar-refractivity contribution in [2.75, 3.05) is 38.0 Å². The highest BCUT2D eigenvalue weighted by atomic mass is 19.4. The standard InChI is InChI=1S/C18H24F3N3O2/c1-2-3-8-17(26)24-11-9-23(10-12-24)13-16(25)22-15-7-5-4-6-14(15)18(19,20)21/h4-7H,2-3,8-13H2,1H3,(H,22,25). The summed E-state index contributed by atoms with van der Waals surface area (Å²) in [6.07, 6.45) is -2.16. The van der Waals surface area contributed by atoms with Crippen molar-refractivity contribution < 1.29 is 22.8 Å². The molecule has 0 atom stereocenters. The third-order valence-corrected chi connectivity index (χ3v) is 4.34. The van der Waals surface area contributed by atoms with Crippen LogP contribution in [0.3, 0.4) is 0 Å². The van der Waals surface area contributed by atoms with Crippen molar-refractivity contribution in [2.45, 2.75) is 32.4 Å². The number of hydrogen-bond acceptors (Lipinski definition) is 3. The van der Waals surface area contributed by atoms with Crippen LogP contribution in [0.25, 0.3) is 0 Å². The van der Waals surface area contributed by atoms with Crippen molar-refractivity contribution in [3.05, 3.63) is 29.8 Å². The third kappa shape index (κ3) is 5.72. The Balaban J connectivity index is 1.84. The van der Waals surface area contributed by atoms with E-state index in [9.17, 15) is 22.8 Å². The molecule has 0 radical (unpaired) electrons. The van der Waals surface area contributed by atoms with Crippen LogP contribution in [0.15, 0.2) is 24.3 Å². The van der Waals surface area contributed by atoms with Crippen LogP contribution in [0.2, 0.25) is 0 Å². The van der Waals surface area contributed by atoms with Gasteiger partial charge in [0.1, 0.15) is 0 Å². The number of carbonyl (C=O) groups excluding carboxylic acids is 2. The molecule has 1 aromatic carbocycles. The first kappa shape index (κ1) is 20.2. The number of benzene rings is 1. The number of nitrogens with one attached hydrogen (secondary N) is 1. The molecule has 0 bridgehead atoms. The second-order valence-electron chi connectivity index (χ2n) is 6.35. The molecule has 2 rings (SSSR count). The largest absolute Gasteiger partial charge is 0.418 e. The molecular formula is C18H24F3N3O2. The fourth-order valence-corrected chi connectivity index (χ4v) is 2.87. The van der Waals surface area contributed by atoms with Crippen LogP contribution in [0, 0.1) is 0 Å². The van der Waals surface area contributed by atoms with E-state index >= 15 is 0 Å². The summed E-state index contributed by atoms with van der Waals surface area (Å²) in [7, 11) is 0. The minimum Gasteiger partial charge on any atom is -0.340 e. The molecule has 2 amide bonds. The highest BCUT2D eigenvalue weighted by molar-refractivity contribution is 5.93. The molecule has 5 nitrogen and oxygen atoms in total. The minimum atomic E-state index is -4.52. The van der Waals surface area contributed by atoms with Gasteiger partial charge in [-0.1, -0.05) is 25.5 Å². The third-order valence-electron chi connectivity index (χ3n) is 4.34. The number of anilines is 1. The minimum absolute atomic E-state index is 0.00316. The Labute approximate surface area is 151 Å². The Morgan fingerprint density at radius 1 is 1.12 bits per heavy atom. The number of piperazine rings is 1. The zero-order valence-electron chi connectivity index (χ0n) is 14.8. The molecule has 1 aliphatic heterocycles. The summed E-state index contributed by atoms with van der Waals surface area (Å²) < 4.78 is 38.9. The van der Waals surface area contributed by atoms with Crippen molar-refractivity contribution in [1.29, 1.82) is 0 Å². The molecule has 0 aliphatic carbocycles. The Morgan fingerprint density at radius 2 is 1.77 bits per heavy atom. The molecule has 1 aliphatic rings. The summed E-state index contributed by atoms with van der Waals surface area (Å²) in [5.74, 6) is -0.373. The van der Waals surface area contributed by atoms with Gasteiger partial charge in [0.05, 0.1) is 17.8 Å². The van der Waals surface area contributed by atoms with Crippen LogP contribution in [-0.2, 0) is 15.8 Å². The molecule has 144 valence electrons. The van der Waals surface area contributed by atoms with Gasteiger partial charge in [0.15, 0.2) is 0 Å². The molecule has 0 spiro atoms. The van der Waals surface area contributed by atoms with E-state index in [1.54, 1.807) is 4.90 Å². The van der Waals surface area contributed by atoms with Crippen molar-refractivity contribution >= 4 is 17.5 Å². The molecule has 26 heavy (non-hydrogen) atoms. The van der Waals surface area contributed by atoms with Crippen molar-refractivity contribution in [1.82, 2.24) is 9.80 Å². The zero-order valence-corrected chi connectivity index (χ0v) is 14.8. The highest BCUT2D eigenvalue weighted by Crippen LogP contribution is 2.34. The lowest BCUT2D eigenvalue weighted by atomic mass is 10.1. The van der Waals surface area contributed by atoms with E-state index in [2.05, 4.69) is 5.32 Å². The smallest absolute Gasteiger partial charge is 0.340 e. The van der Waals surface area contributed by atoms with Crippen LogP contribution in [0.1, 0.15) is 31.7 Å². The van der Waals surface area contributed by atoms with Gasteiger partial charge in [-0.2, -0.15) is 13.2 Å². The maximum absolute atomic E-state index is 13.0. The van der Waals surface area contributed by atoms with E-state index in [0.717, 1.165) is 18.9 Å². The Kier molecular flexibility index (Phi) is 7.02. The van der Waals surface area contributed by atoms with Gasteiger partial charge in [0, 0.05) is 32.6 Å². The van der Waals surface area contributed by atoms with E-state index in [0.29, 0.717) is 32.6 Å². The molecule has 1 aromatic rings. The molecule has 1 N–H and O–H groups in total. The predicted octanol–water partition coefficient (Wildman–Crippen LogP) is 2.98. The number of unbranched alkanes of at least 4 members (excludes halogenated alkanes) is 1. The van der Waals surface area contributed by atoms with E-state index < -0.39 is 17.6 Å². The summed E-state index contributed by atoms with van der Waals surface area (Å²) in [5.41, 5.74) is -1.10. The molecule has 1 saturated heterocycles. The van der Waals surface area contributed by atoms with E-state index in [1.807, 2.05) is 11.8 Å². The van der Waals surface area contributed by atoms with Crippen molar-refractivity contribution in [3.8, 4) is 0 Å². The number of halogens is 3. The van der Waals surface area contributed by atoms with Crippen LogP contribution in [0.5, 0.6) is 0 Å². The second-order valence-corrected chi connectivity index (χ2v) is 6.35. The van der Waals surface area contributed by atoms with Gasteiger partial charge >= 0.3 is 6.18 Å². The number of hydrogen-bond donors (Lipinski definition) is 1. The van der Waals surface area contributed by atoms with Crippen molar-refractivity contribution in [2.24, 2.45) is 0 Å². The second kappa shape index (κ2) is 9.02. The summed E-state index contributed by atoms with van der Waals surface area (Å²) in [6, 6.07) is 4.92. The first-order valence-electron chi connectivity index (χ1n) is 8.77. The summed E-state index contributed by atoms with van der Waals surface area (Å²) in [5, 5.41) is 2.35. The lowest BCUT2D eigenvalue weighted by molar-refractivity contribution is -0.137. The normalized spacial score (nSPS) is 15.8. The van der Waals surface area contributed by atoms with Crippen LogP contribution < -0.4 is 5.32 Å². The first-order chi connectivity index (χ1) is 12.3. The number of para-hydroxylation sites is 1. The average molecular weight is 371 g/mol. The van der Waals surface area contributed by atoms with Gasteiger partial charge in [-0.15, -0.1) is 0 Å². The molecule has 0 unspecified atom stereocenters. The number of amides is 2. The van der Waals surface area contributed by atoms with Gasteiger partial charge in [-0.05, 0) is 18.6 Å². The number of alkyl halides is 3. The lowest BCUT2D eigenvalue weighted by Gasteiger charge is -2.34. The quantitative estimate of drug-likeness (QED) is 0.837. The number of rotatable bonds is 6. The van der Waals surface area contributed by atoms with Gasteiger partial charge in [-0.3, -0.25) is 14.5 Å². The van der Waals surface area contributed by atoms with E-state index in [4.69, 9.17) is 0 Å². The summed E-state index contributed by atoms with van der Waals surface area (Å²) in [4.78, 5) is 27.7. The highest BCUT2D eigenvalue weighted by Gasteiger charge is 2.33. The Morgan fingerprint density at radius 3 is 2.38 bits per heavy atom. The maximum Gasteiger partial charge on any atom is 0.418 e. The molecule has 8 heteroatoms. The number of nitrogens with zero attached hydrogens (tertiary/aromatic N) is 2. The molecule has 1 heterocycles. The Hall–Kier alpha value is -2.09. The summed E-state index contributed by atoms with van der Waals surface area (Å²) >= 11 is 0. The van der Waals surface area contributed by atoms with Gasteiger partial charge in [0.2, 0.25) is 11.8 Å². The fraction of sp³-hybridized carbons (Fsp3) is 0.556. The zero-order chi connectivity index (χ0) is 19.2. The van der Waals surface area contributed by atoms with Crippen molar-refractivity contribution in [3.63, 3.8) is 0 Å². The maximum atomic E-state index is 13.0. The van der Waals surface area contributed by atoms with Gasteiger partial charge < -0.3 is 10.2 Å². The SMILES string of the molecule is CCCCC(=O)N1CCN(CC(=O)Nc2ccccc2C(F)(F)F)CC1. The van der Waals surface area contributed by atoms with Crippen LogP contribution in [-0.4, -0.2) is 54.3 Å². The molecule has 1 fully saturated rings. The lowest BCUT2D eigenvalue weighted by Crippen LogP contribution is -2.50. The molecule has 0 saturated carbocycles. The van der Waals surface area contributed by atoms with E-state index in [1.165, 1.54) is 18.2 Å². The molecular weight excluding hydrogens is 347 g/mol. The van der Waals surface area contributed by atoms with Gasteiger partial charge in [0.25, 0.3) is 0 Å². The monoisotopic (exact) mass is 371 g/mol. The molecule has 0 aromatic heterocycles. The Bertz CT molecular complexity index is 626. The van der Waals surface area contributed by atoms with Gasteiger partial charge in [-0.25, -0.2) is 0 Å². The first-order valence-corrected chi connectivity index (χ1v) is 8.77. The van der Waals surface area contributed by atoms with Crippen LogP contribution >= 0.6 is 0 Å². The topological polar surface area (TPSA) is 52.7 Å². The number of carbonyl (C=O) groups is 2. The predicted molar refractivity (Wildman–Crippen MR) is 92.6 cm³/mol. The van der Waals surface area contributed by atoms with E-state index in [-0.39, 0.29) is 18.1 Å². The average Bonchev–Trinajstić information content (AvgIpc) is 2.59. The fourth-order valence-electron chi connectivity index (χ4n) is 2.87.